The van der Waals surface area contributed by atoms with E-state index in [2.05, 4.69) is 10.6 Å². The minimum atomic E-state index is -4.50. The molecule has 2 N–H and O–H groups in total. The summed E-state index contributed by atoms with van der Waals surface area (Å²) in [5.41, 5.74) is -0.550. The minimum Gasteiger partial charge on any atom is -0.465 e. The Morgan fingerprint density at radius 3 is 2.58 bits per heavy atom. The van der Waals surface area contributed by atoms with Crippen molar-refractivity contribution in [2.75, 3.05) is 17.7 Å². The third-order valence-corrected chi connectivity index (χ3v) is 5.03. The number of hydrogen-bond acceptors (Lipinski definition) is 4. The Bertz CT molecular complexity index is 837. The summed E-state index contributed by atoms with van der Waals surface area (Å²) in [6.45, 7) is 1.93. The molecule has 0 aliphatic carbocycles. The van der Waals surface area contributed by atoms with E-state index in [9.17, 15) is 18.0 Å². The van der Waals surface area contributed by atoms with Crippen LogP contribution in [0.5, 0.6) is 0 Å². The fourth-order valence-corrected chi connectivity index (χ4v) is 3.45. The summed E-state index contributed by atoms with van der Waals surface area (Å²) in [5, 5.41) is 5.96. The highest BCUT2D eigenvalue weighted by molar-refractivity contribution is 7.80. The molecule has 2 aromatic rings. The maximum atomic E-state index is 12.8. The molecule has 4 nitrogen and oxygen atoms in total. The molecule has 0 spiro atoms. The predicted molar refractivity (Wildman–Crippen MR) is 101 cm³/mol. The molecule has 0 radical (unpaired) electrons. The van der Waals surface area contributed by atoms with Gasteiger partial charge in [0.2, 0.25) is 0 Å². The number of aryl methyl sites for hydroxylation is 1. The topological polar surface area (TPSA) is 50.4 Å². The van der Waals surface area contributed by atoms with Crippen LogP contribution in [0.4, 0.5) is 23.9 Å². The van der Waals surface area contributed by atoms with Crippen molar-refractivity contribution >= 4 is 56.9 Å². The molecule has 2 rings (SSSR count). The van der Waals surface area contributed by atoms with E-state index in [-0.39, 0.29) is 15.8 Å². The second kappa shape index (κ2) is 8.24. The van der Waals surface area contributed by atoms with Gasteiger partial charge < -0.3 is 15.4 Å². The van der Waals surface area contributed by atoms with Crippen LogP contribution < -0.4 is 10.6 Å². The Labute approximate surface area is 162 Å². The van der Waals surface area contributed by atoms with Crippen LogP contribution in [0.2, 0.25) is 5.02 Å². The average molecular weight is 423 g/mol. The summed E-state index contributed by atoms with van der Waals surface area (Å²) in [6.07, 6.45) is -3.80. The number of ether oxygens (including phenoxy) is 1. The zero-order valence-corrected chi connectivity index (χ0v) is 16.1. The number of thiophene rings is 1. The highest BCUT2D eigenvalue weighted by atomic mass is 35.5. The average Bonchev–Trinajstić information content (AvgIpc) is 2.98. The number of thiocarbonyl (C=S) groups is 1. The molecular formula is C16H14ClF3N2O2S2. The van der Waals surface area contributed by atoms with Gasteiger partial charge in [0.1, 0.15) is 5.00 Å². The van der Waals surface area contributed by atoms with Crippen molar-refractivity contribution in [3.8, 4) is 0 Å². The smallest absolute Gasteiger partial charge is 0.416 e. The van der Waals surface area contributed by atoms with E-state index in [1.807, 2.05) is 6.92 Å². The molecule has 0 aliphatic rings. The second-order valence-corrected chi connectivity index (χ2v) is 7.02. The predicted octanol–water partition coefficient (Wildman–Crippen LogP) is 5.58. The summed E-state index contributed by atoms with van der Waals surface area (Å²) in [6, 6.07) is 4.56. The van der Waals surface area contributed by atoms with Crippen LogP contribution >= 0.6 is 35.2 Å². The van der Waals surface area contributed by atoms with Crippen LogP contribution in [0.15, 0.2) is 24.3 Å². The SMILES string of the molecule is CCc1cc(C(=O)OC)c(NC(=S)Nc2cc(C(F)(F)F)ccc2Cl)s1. The monoisotopic (exact) mass is 422 g/mol. The van der Waals surface area contributed by atoms with Crippen molar-refractivity contribution in [3.63, 3.8) is 0 Å². The molecule has 0 amide bonds. The van der Waals surface area contributed by atoms with Gasteiger partial charge in [0.15, 0.2) is 5.11 Å². The molecular weight excluding hydrogens is 409 g/mol. The summed E-state index contributed by atoms with van der Waals surface area (Å²) < 4.78 is 43.2. The van der Waals surface area contributed by atoms with E-state index < -0.39 is 17.7 Å². The van der Waals surface area contributed by atoms with E-state index in [0.29, 0.717) is 17.0 Å². The van der Waals surface area contributed by atoms with E-state index in [1.165, 1.54) is 18.4 Å². The number of halogens is 4. The first-order valence-corrected chi connectivity index (χ1v) is 8.91. The molecule has 0 saturated heterocycles. The number of carbonyl (C=O) groups is 1. The van der Waals surface area contributed by atoms with Crippen LogP contribution in [0.3, 0.4) is 0 Å². The summed E-state index contributed by atoms with van der Waals surface area (Å²) in [7, 11) is 1.26. The molecule has 10 heteroatoms. The molecule has 0 bridgehead atoms. The summed E-state index contributed by atoms with van der Waals surface area (Å²) in [4.78, 5) is 12.8. The van der Waals surface area contributed by atoms with Gasteiger partial charge in [-0.3, -0.25) is 0 Å². The van der Waals surface area contributed by atoms with Crippen LogP contribution in [-0.4, -0.2) is 18.2 Å². The molecule has 0 atom stereocenters. The molecule has 0 fully saturated rings. The Balaban J connectivity index is 2.22. The highest BCUT2D eigenvalue weighted by Crippen LogP contribution is 2.34. The number of alkyl halides is 3. The number of benzene rings is 1. The third-order valence-electron chi connectivity index (χ3n) is 3.31. The van der Waals surface area contributed by atoms with Crippen molar-refractivity contribution in [1.29, 1.82) is 0 Å². The number of anilines is 2. The van der Waals surface area contributed by atoms with E-state index in [0.717, 1.165) is 23.1 Å². The van der Waals surface area contributed by atoms with Crippen molar-refractivity contribution in [2.24, 2.45) is 0 Å². The van der Waals surface area contributed by atoms with E-state index in [1.54, 1.807) is 6.07 Å². The zero-order valence-electron chi connectivity index (χ0n) is 13.7. The summed E-state index contributed by atoms with van der Waals surface area (Å²) >= 11 is 12.4. The Hall–Kier alpha value is -1.84. The Morgan fingerprint density at radius 2 is 2.00 bits per heavy atom. The lowest BCUT2D eigenvalue weighted by molar-refractivity contribution is -0.137. The molecule has 0 saturated carbocycles. The van der Waals surface area contributed by atoms with Crippen molar-refractivity contribution in [3.05, 3.63) is 45.3 Å². The highest BCUT2D eigenvalue weighted by Gasteiger charge is 2.31. The first-order chi connectivity index (χ1) is 12.2. The number of rotatable bonds is 4. The zero-order chi connectivity index (χ0) is 19.5. The van der Waals surface area contributed by atoms with Gasteiger partial charge in [-0.1, -0.05) is 18.5 Å². The minimum absolute atomic E-state index is 0.000815. The molecule has 1 aromatic heterocycles. The van der Waals surface area contributed by atoms with Crippen molar-refractivity contribution in [1.82, 2.24) is 0 Å². The number of nitrogens with one attached hydrogen (secondary N) is 2. The fourth-order valence-electron chi connectivity index (χ4n) is 2.02. The lowest BCUT2D eigenvalue weighted by Crippen LogP contribution is -2.20. The molecule has 0 aliphatic heterocycles. The second-order valence-electron chi connectivity index (χ2n) is 5.07. The maximum absolute atomic E-state index is 12.8. The Morgan fingerprint density at radius 1 is 1.31 bits per heavy atom. The van der Waals surface area contributed by atoms with Gasteiger partial charge >= 0.3 is 12.1 Å². The first kappa shape index (κ1) is 20.5. The molecule has 26 heavy (non-hydrogen) atoms. The maximum Gasteiger partial charge on any atom is 0.416 e. The van der Waals surface area contributed by atoms with E-state index in [4.69, 9.17) is 28.6 Å². The quantitative estimate of drug-likeness (QED) is 0.497. The summed E-state index contributed by atoms with van der Waals surface area (Å²) in [5.74, 6) is -0.539. The Kier molecular flexibility index (Phi) is 6.48. The van der Waals surface area contributed by atoms with Gasteiger partial charge in [0, 0.05) is 4.88 Å². The molecule has 1 aromatic carbocycles. The number of methoxy groups -OCH3 is 1. The van der Waals surface area contributed by atoms with Crippen LogP contribution in [0.25, 0.3) is 0 Å². The normalized spacial score (nSPS) is 11.2. The fraction of sp³-hybridized carbons (Fsp3) is 0.250. The largest absolute Gasteiger partial charge is 0.465 e. The lowest BCUT2D eigenvalue weighted by Gasteiger charge is -2.14. The van der Waals surface area contributed by atoms with Crippen molar-refractivity contribution < 1.29 is 22.7 Å². The van der Waals surface area contributed by atoms with Gasteiger partial charge in [-0.2, -0.15) is 13.2 Å². The van der Waals surface area contributed by atoms with Gasteiger partial charge in [0.05, 0.1) is 28.9 Å². The number of carbonyl (C=O) groups excluding carboxylic acids is 1. The van der Waals surface area contributed by atoms with Gasteiger partial charge in [-0.05, 0) is 42.9 Å². The standard InChI is InChI=1S/C16H14ClF3N2O2S2/c1-3-9-7-10(14(23)24-2)13(26-9)22-15(25)21-12-6-8(16(18,19)20)4-5-11(12)17/h4-7H,3H2,1-2H3,(H2,21,22,25). The van der Waals surface area contributed by atoms with Gasteiger partial charge in [-0.25, -0.2) is 4.79 Å². The van der Waals surface area contributed by atoms with E-state index >= 15 is 0 Å². The van der Waals surface area contributed by atoms with Crippen LogP contribution in [-0.2, 0) is 17.3 Å². The number of hydrogen-bond donors (Lipinski definition) is 2. The van der Waals surface area contributed by atoms with Crippen molar-refractivity contribution in [2.45, 2.75) is 19.5 Å². The van der Waals surface area contributed by atoms with Crippen LogP contribution in [0.1, 0.15) is 27.7 Å². The van der Waals surface area contributed by atoms with Crippen LogP contribution in [0, 0.1) is 0 Å². The lowest BCUT2D eigenvalue weighted by atomic mass is 10.2. The third kappa shape index (κ3) is 4.87. The van der Waals surface area contributed by atoms with Gasteiger partial charge in [0.25, 0.3) is 0 Å². The number of esters is 1. The molecule has 1 heterocycles. The molecule has 140 valence electrons. The molecule has 0 unspecified atom stereocenters. The van der Waals surface area contributed by atoms with Gasteiger partial charge in [-0.15, -0.1) is 11.3 Å². The first-order valence-electron chi connectivity index (χ1n) is 7.31.